The smallest absolute Gasteiger partial charge is 0.333 e. The molecule has 2 aliphatic rings. The van der Waals surface area contributed by atoms with E-state index in [9.17, 15) is 27.6 Å². The molecule has 0 saturated heterocycles. The monoisotopic (exact) mass is 589 g/mol. The van der Waals surface area contributed by atoms with Gasteiger partial charge in [0.2, 0.25) is 5.91 Å². The standard InChI is InChI=1S/C30H22F3N5O3S/c1-2-23(39)37-14-6-8-18(16-37)35-27(40)26-25-24-22(12-13-34-28(24)42-26)38(29(41)36-25)19-9-5-7-17(15-19)20-10-3-4-11-21(20)30(31,32)33/h2-5,7-13,15H,1,6,14,16H2,(H,35,40)(H,36,41). The van der Waals surface area contributed by atoms with E-state index in [1.807, 2.05) is 6.08 Å². The third kappa shape index (κ3) is 4.79. The molecule has 0 bridgehead atoms. The third-order valence-corrected chi connectivity index (χ3v) is 8.11. The van der Waals surface area contributed by atoms with E-state index in [4.69, 9.17) is 0 Å². The van der Waals surface area contributed by atoms with Gasteiger partial charge >= 0.3 is 12.2 Å². The van der Waals surface area contributed by atoms with Crippen LogP contribution in [0.15, 0.2) is 85.2 Å². The van der Waals surface area contributed by atoms with Crippen molar-refractivity contribution in [1.82, 2.24) is 15.2 Å². The first kappa shape index (κ1) is 27.2. The SMILES string of the molecule is C=CC(=O)N1CCC=C(NC(=O)c2sc3nccc4c3c2NC(=O)N4c2cccc(-c3ccccc3C(F)(F)F)c2)C1. The lowest BCUT2D eigenvalue weighted by atomic mass is 9.98. The molecule has 0 spiro atoms. The van der Waals surface area contributed by atoms with Crippen LogP contribution in [0.5, 0.6) is 0 Å². The largest absolute Gasteiger partial charge is 0.417 e. The minimum absolute atomic E-state index is 0.00954. The Morgan fingerprint density at radius 3 is 2.71 bits per heavy atom. The van der Waals surface area contributed by atoms with Crippen LogP contribution < -0.4 is 15.5 Å². The van der Waals surface area contributed by atoms with Gasteiger partial charge in [0.05, 0.1) is 34.6 Å². The van der Waals surface area contributed by atoms with Crippen LogP contribution in [0.25, 0.3) is 21.3 Å². The van der Waals surface area contributed by atoms with Gasteiger partial charge in [0, 0.05) is 18.4 Å². The number of thiophene rings is 1. The van der Waals surface area contributed by atoms with Gasteiger partial charge in [0.25, 0.3) is 5.91 Å². The Hall–Kier alpha value is -4.97. The van der Waals surface area contributed by atoms with Gasteiger partial charge < -0.3 is 15.5 Å². The van der Waals surface area contributed by atoms with Crippen LogP contribution >= 0.6 is 11.3 Å². The second kappa shape index (κ2) is 10.5. The summed E-state index contributed by atoms with van der Waals surface area (Å²) in [6.07, 6.45) is 0.592. The molecule has 6 rings (SSSR count). The van der Waals surface area contributed by atoms with Gasteiger partial charge in [-0.05, 0) is 47.9 Å². The number of pyridine rings is 1. The molecular weight excluding hydrogens is 567 g/mol. The number of carbonyl (C=O) groups is 3. The van der Waals surface area contributed by atoms with E-state index in [2.05, 4.69) is 22.2 Å². The second-order valence-electron chi connectivity index (χ2n) is 9.61. The highest BCUT2D eigenvalue weighted by molar-refractivity contribution is 7.21. The molecule has 4 aromatic rings. The molecule has 0 saturated carbocycles. The second-order valence-corrected chi connectivity index (χ2v) is 10.6. The number of halogens is 3. The van der Waals surface area contributed by atoms with Crippen molar-refractivity contribution in [1.29, 1.82) is 0 Å². The molecule has 0 radical (unpaired) electrons. The number of nitrogens with zero attached hydrogens (tertiary/aromatic N) is 3. The quantitative estimate of drug-likeness (QED) is 0.254. The van der Waals surface area contributed by atoms with Crippen LogP contribution in [0.1, 0.15) is 21.7 Å². The van der Waals surface area contributed by atoms with E-state index in [1.54, 1.807) is 29.2 Å². The first-order chi connectivity index (χ1) is 20.2. The number of hydrogen-bond acceptors (Lipinski definition) is 5. The zero-order valence-corrected chi connectivity index (χ0v) is 22.7. The van der Waals surface area contributed by atoms with Crippen molar-refractivity contribution in [3.63, 3.8) is 0 Å². The van der Waals surface area contributed by atoms with Crippen molar-refractivity contribution in [3.05, 3.63) is 95.7 Å². The van der Waals surface area contributed by atoms with Crippen LogP contribution in [0.3, 0.4) is 0 Å². The number of rotatable bonds is 5. The Morgan fingerprint density at radius 2 is 1.93 bits per heavy atom. The summed E-state index contributed by atoms with van der Waals surface area (Å²) in [6, 6.07) is 12.6. The van der Waals surface area contributed by atoms with Crippen LogP contribution in [0.4, 0.5) is 35.0 Å². The van der Waals surface area contributed by atoms with E-state index < -0.39 is 23.7 Å². The summed E-state index contributed by atoms with van der Waals surface area (Å²) in [6.45, 7) is 4.24. The summed E-state index contributed by atoms with van der Waals surface area (Å²) in [5.74, 6) is -0.698. The molecule has 2 aromatic heterocycles. The fraction of sp³-hybridized carbons (Fsp3) is 0.133. The maximum absolute atomic E-state index is 13.7. The third-order valence-electron chi connectivity index (χ3n) is 7.01. The van der Waals surface area contributed by atoms with Crippen LogP contribution in [0.2, 0.25) is 0 Å². The van der Waals surface area contributed by atoms with Crippen molar-refractivity contribution < 1.29 is 27.6 Å². The highest BCUT2D eigenvalue weighted by Gasteiger charge is 2.35. The maximum Gasteiger partial charge on any atom is 0.417 e. The van der Waals surface area contributed by atoms with Crippen LogP contribution in [-0.2, 0) is 11.0 Å². The van der Waals surface area contributed by atoms with Crippen LogP contribution in [-0.4, -0.2) is 40.8 Å². The fourth-order valence-corrected chi connectivity index (χ4v) is 6.16. The summed E-state index contributed by atoms with van der Waals surface area (Å²) in [7, 11) is 0. The average Bonchev–Trinajstić information content (AvgIpc) is 3.36. The molecule has 4 heterocycles. The lowest BCUT2D eigenvalue weighted by molar-refractivity contribution is -0.137. The highest BCUT2D eigenvalue weighted by atomic mass is 32.1. The predicted molar refractivity (Wildman–Crippen MR) is 155 cm³/mol. The van der Waals surface area contributed by atoms with Gasteiger partial charge in [-0.15, -0.1) is 11.3 Å². The lowest BCUT2D eigenvalue weighted by Gasteiger charge is -2.29. The van der Waals surface area contributed by atoms with Gasteiger partial charge in [-0.1, -0.05) is 43.0 Å². The number of benzene rings is 2. The molecule has 12 heteroatoms. The Labute approximate surface area is 241 Å². The number of carbonyl (C=O) groups excluding carboxylic acids is 3. The summed E-state index contributed by atoms with van der Waals surface area (Å²) >= 11 is 1.10. The van der Waals surface area contributed by atoms with Gasteiger partial charge in [-0.25, -0.2) is 9.78 Å². The zero-order chi connectivity index (χ0) is 29.6. The van der Waals surface area contributed by atoms with Gasteiger partial charge in [0.1, 0.15) is 9.71 Å². The van der Waals surface area contributed by atoms with Gasteiger partial charge in [-0.2, -0.15) is 13.2 Å². The first-order valence-electron chi connectivity index (χ1n) is 12.9. The summed E-state index contributed by atoms with van der Waals surface area (Å²) in [5.41, 5.74) is 1.14. The number of anilines is 3. The molecule has 4 amide bonds. The minimum Gasteiger partial charge on any atom is -0.333 e. The lowest BCUT2D eigenvalue weighted by Crippen LogP contribution is -2.39. The van der Waals surface area contributed by atoms with E-state index in [-0.39, 0.29) is 22.9 Å². The van der Waals surface area contributed by atoms with E-state index in [0.29, 0.717) is 51.5 Å². The number of alkyl halides is 3. The highest BCUT2D eigenvalue weighted by Crippen LogP contribution is 2.46. The van der Waals surface area contributed by atoms with Gasteiger partial charge in [-0.3, -0.25) is 14.5 Å². The van der Waals surface area contributed by atoms with Crippen molar-refractivity contribution >= 4 is 56.5 Å². The molecule has 8 nitrogen and oxygen atoms in total. The first-order valence-corrected chi connectivity index (χ1v) is 13.7. The number of nitrogens with one attached hydrogen (secondary N) is 2. The molecule has 0 unspecified atom stereocenters. The van der Waals surface area contributed by atoms with Crippen molar-refractivity contribution in [2.45, 2.75) is 12.6 Å². The molecule has 0 atom stereocenters. The summed E-state index contributed by atoms with van der Waals surface area (Å²) in [5, 5.41) is 6.17. The average molecular weight is 590 g/mol. The van der Waals surface area contributed by atoms with Crippen molar-refractivity contribution in [2.24, 2.45) is 0 Å². The van der Waals surface area contributed by atoms with E-state index in [0.717, 1.165) is 17.4 Å². The Kier molecular flexibility index (Phi) is 6.77. The Bertz CT molecular complexity index is 1810. The van der Waals surface area contributed by atoms with E-state index in [1.165, 1.54) is 41.4 Å². The molecule has 42 heavy (non-hydrogen) atoms. The Morgan fingerprint density at radius 1 is 1.12 bits per heavy atom. The Balaban J connectivity index is 1.36. The number of urea groups is 1. The van der Waals surface area contributed by atoms with Crippen molar-refractivity contribution in [2.75, 3.05) is 23.3 Å². The van der Waals surface area contributed by atoms with Crippen LogP contribution in [0, 0.1) is 0 Å². The minimum atomic E-state index is -4.55. The number of aromatic nitrogens is 1. The van der Waals surface area contributed by atoms with E-state index >= 15 is 0 Å². The normalized spacial score (nSPS) is 14.8. The predicted octanol–water partition coefficient (Wildman–Crippen LogP) is 6.70. The molecule has 0 aliphatic carbocycles. The zero-order valence-electron chi connectivity index (χ0n) is 21.9. The summed E-state index contributed by atoms with van der Waals surface area (Å²) < 4.78 is 41.2. The fourth-order valence-electron chi connectivity index (χ4n) is 5.15. The molecular formula is C30H22F3N5O3S. The maximum atomic E-state index is 13.7. The summed E-state index contributed by atoms with van der Waals surface area (Å²) in [4.78, 5) is 47.0. The number of amides is 4. The molecule has 0 fully saturated rings. The molecule has 2 aliphatic heterocycles. The number of hydrogen-bond donors (Lipinski definition) is 2. The molecule has 212 valence electrons. The topological polar surface area (TPSA) is 94.6 Å². The molecule has 2 aromatic carbocycles. The van der Waals surface area contributed by atoms with Crippen molar-refractivity contribution in [3.8, 4) is 11.1 Å². The molecule has 2 N–H and O–H groups in total. The van der Waals surface area contributed by atoms with Gasteiger partial charge in [0.15, 0.2) is 0 Å².